The third kappa shape index (κ3) is 23.2. The number of ether oxygens (including phenoxy) is 10. The zero-order valence-corrected chi connectivity index (χ0v) is 77.5. The number of aromatic hydroxyl groups is 3. The molecule has 732 valence electrons. The average molecular weight is 1960 g/mol. The smallest absolute Gasteiger partial charge is 0.410 e. The maximum absolute atomic E-state index is 16.9. The van der Waals surface area contributed by atoms with E-state index >= 15 is 24.0 Å². The number of carbonyl (C=O) groups is 10. The molecule has 0 spiro atoms. The Balaban J connectivity index is 1.02. The van der Waals surface area contributed by atoms with E-state index in [0.29, 0.717) is 5.02 Å². The Morgan fingerprint density at radius 2 is 1.26 bits per heavy atom. The van der Waals surface area contributed by atoms with E-state index in [9.17, 15) is 75.0 Å². The van der Waals surface area contributed by atoms with E-state index in [2.05, 4.69) is 45.1 Å². The van der Waals surface area contributed by atoms with Crippen LogP contribution in [0.3, 0.4) is 0 Å². The van der Waals surface area contributed by atoms with Gasteiger partial charge in [-0.05, 0) is 146 Å². The van der Waals surface area contributed by atoms with Crippen LogP contribution in [0, 0.1) is 11.8 Å². The Morgan fingerprint density at radius 1 is 0.657 bits per heavy atom. The minimum absolute atomic E-state index is 0.0812. The first kappa shape index (κ1) is 102. The number of carbonyl (C=O) groups excluding carboxylic acids is 9. The van der Waals surface area contributed by atoms with E-state index in [1.165, 1.54) is 57.3 Å². The number of amides is 7. The van der Waals surface area contributed by atoms with Crippen LogP contribution in [0.5, 0.6) is 46.0 Å². The fourth-order valence-electron chi connectivity index (χ4n) is 17.6. The monoisotopic (exact) mass is 1960 g/mol. The number of aliphatic carboxylic acids is 1. The zero-order valence-electron chi connectivity index (χ0n) is 75.2. The summed E-state index contributed by atoms with van der Waals surface area (Å²) in [4.78, 5) is 151. The van der Waals surface area contributed by atoms with Crippen LogP contribution in [0.1, 0.15) is 144 Å². The number of primary amides is 1. The molecular weight excluding hydrogens is 1850 g/mol. The number of phenols is 3. The van der Waals surface area contributed by atoms with Crippen molar-refractivity contribution in [3.63, 3.8) is 0 Å². The summed E-state index contributed by atoms with van der Waals surface area (Å²) in [7, 11) is 1.24. The molecular formula is C96H107Cl3N8O30. The Morgan fingerprint density at radius 3 is 1.87 bits per heavy atom. The second-order valence-electron chi connectivity index (χ2n) is 35.4. The van der Waals surface area contributed by atoms with Crippen molar-refractivity contribution in [2.45, 2.75) is 214 Å². The number of nitrogens with two attached hydrogens (primary N) is 1. The molecule has 7 aromatic carbocycles. The lowest BCUT2D eigenvalue weighted by molar-refractivity contribution is -0.334. The maximum Gasteiger partial charge on any atom is 0.410 e. The first-order chi connectivity index (χ1) is 65.0. The molecule has 8 heterocycles. The van der Waals surface area contributed by atoms with Gasteiger partial charge in [0.15, 0.2) is 47.8 Å². The van der Waals surface area contributed by atoms with Gasteiger partial charge in [0.05, 0.1) is 52.3 Å². The second-order valence-corrected chi connectivity index (χ2v) is 36.6. The number of phenolic OH excluding ortho intramolecular Hbond substituents is 3. The lowest BCUT2D eigenvalue weighted by Gasteiger charge is -2.48. The lowest BCUT2D eigenvalue weighted by atomic mass is 9.84. The van der Waals surface area contributed by atoms with Gasteiger partial charge in [-0.1, -0.05) is 129 Å². The molecule has 3 fully saturated rings. The molecule has 0 aliphatic carbocycles. The van der Waals surface area contributed by atoms with Gasteiger partial charge in [-0.15, -0.1) is 0 Å². The van der Waals surface area contributed by atoms with Gasteiger partial charge in [-0.3, -0.25) is 38.5 Å². The quantitative estimate of drug-likeness (QED) is 0.0252. The van der Waals surface area contributed by atoms with Gasteiger partial charge in [0, 0.05) is 79.0 Å². The minimum atomic E-state index is -2.36. The van der Waals surface area contributed by atoms with Crippen LogP contribution in [0.2, 0.25) is 15.1 Å². The molecule has 8 aliphatic rings. The van der Waals surface area contributed by atoms with Crippen LogP contribution in [0.4, 0.5) is 9.59 Å². The van der Waals surface area contributed by atoms with Crippen molar-refractivity contribution >= 4 is 94.1 Å². The van der Waals surface area contributed by atoms with Crippen molar-refractivity contribution in [2.24, 2.45) is 17.6 Å². The first-order valence-corrected chi connectivity index (χ1v) is 45.0. The number of ketones is 2. The molecule has 0 saturated carbocycles. The molecule has 137 heavy (non-hydrogen) atoms. The standard InChI is InChI=1S/C96H107Cl3N8O30/c1-10-26-128-93(126)106-96(8)40-73(131-45(6)86(96)119)135-82-51-20-25-67(60(99)31-51)133-69-34-52-33-68(83(69)137-92-84(81(117)80(116)70(42-108)134-92)136-72-39-95(7,85(118)44(5)130-72)101-41-46-12-14-47(15-13-46)48-16-21-54(97)22-17-48)132-66-24-19-50(30-59(66)98)79(115)77(104-89(122)61(28-43(3)4)107(9)94(127)129-27-11-2)64(112)32-53(35-71(100)114)87(120)102-75(52)65(113)38-56-49-18-23-62(110)57(29-49)74-58(36-55(109)37-63(74)111)76(91(124)125)103-90(123)78(82)105-88(56)121/h10-25,29-31,33-34,36-37,43-45,53,56,61,70,72-73,75-82,84-86,92,101,108-111,115-119H,1-2,26-28,32,35,38-42H2,3-9H3,(H2,100,114)(H,102,120)(H,103,123)(H,104,122)(H,105,121)(H,106,126)(H,124,125)/t44-,45-,53-,56+,61+,70?,72-,73-,75+,76-,77-,78-,79+,80+,81?,82+,84?,85-,86-,92-,95?,96?/m0/s1. The first-order valence-electron chi connectivity index (χ1n) is 43.9. The van der Waals surface area contributed by atoms with Crippen molar-refractivity contribution in [3.8, 4) is 68.2 Å². The van der Waals surface area contributed by atoms with E-state index in [-0.39, 0.29) is 55.2 Å². The summed E-state index contributed by atoms with van der Waals surface area (Å²) in [6, 6.07) is 18.2. The summed E-state index contributed by atoms with van der Waals surface area (Å²) in [6.07, 6.45) is -26.3. The van der Waals surface area contributed by atoms with Gasteiger partial charge >= 0.3 is 18.2 Å². The van der Waals surface area contributed by atoms with Crippen LogP contribution < -0.4 is 51.8 Å². The molecule has 22 atom stereocenters. The van der Waals surface area contributed by atoms with Crippen LogP contribution in [-0.2, 0) is 78.1 Å². The van der Waals surface area contributed by atoms with Crippen LogP contribution in [0.15, 0.2) is 153 Å². The predicted octanol–water partition coefficient (Wildman–Crippen LogP) is 8.46. The van der Waals surface area contributed by atoms with E-state index in [1.54, 1.807) is 39.8 Å². The number of Topliss-reactive ketones (excluding diaryl/α,β-unsaturated/α-hetero) is 2. The van der Waals surface area contributed by atoms with Crippen molar-refractivity contribution < 1.29 is 146 Å². The number of likely N-dealkylation sites (N-methyl/N-ethyl adjacent to an activating group) is 1. The molecule has 8 aliphatic heterocycles. The summed E-state index contributed by atoms with van der Waals surface area (Å²) in [6.45, 7) is 15.2. The highest BCUT2D eigenvalue weighted by atomic mass is 35.5. The van der Waals surface area contributed by atoms with Crippen molar-refractivity contribution in [1.82, 2.24) is 36.8 Å². The number of aliphatic hydroxyl groups is 6. The minimum Gasteiger partial charge on any atom is -0.508 e. The highest BCUT2D eigenvalue weighted by Gasteiger charge is 2.54. The van der Waals surface area contributed by atoms with Gasteiger partial charge in [0.2, 0.25) is 41.6 Å². The number of benzene rings is 7. The molecule has 41 heteroatoms. The highest BCUT2D eigenvalue weighted by molar-refractivity contribution is 6.32. The number of hydrogen-bond acceptors (Lipinski definition) is 30. The van der Waals surface area contributed by atoms with E-state index in [1.807, 2.05) is 36.4 Å². The molecule has 15 rings (SSSR count). The molecule has 3 saturated heterocycles. The second kappa shape index (κ2) is 43.3. The summed E-state index contributed by atoms with van der Waals surface area (Å²) in [5.41, 5.74) is 2.61. The zero-order chi connectivity index (χ0) is 99.2. The fourth-order valence-corrected chi connectivity index (χ4v) is 18.2. The Kier molecular flexibility index (Phi) is 32.3. The van der Waals surface area contributed by atoms with Gasteiger partial charge in [-0.25, -0.2) is 14.4 Å². The van der Waals surface area contributed by atoms with Crippen molar-refractivity contribution in [2.75, 3.05) is 26.9 Å². The number of nitrogens with zero attached hydrogens (tertiary/aromatic N) is 1. The number of alkyl carbamates (subject to hydrolysis) is 1. The number of carboxylic acids is 1. The third-order valence-electron chi connectivity index (χ3n) is 24.9. The van der Waals surface area contributed by atoms with Crippen LogP contribution in [0.25, 0.3) is 22.3 Å². The number of carboxylic acid groups (broad SMARTS) is 1. The molecule has 0 aromatic heterocycles. The fraction of sp³-hybridized carbons (Fsp3) is 0.417. The van der Waals surface area contributed by atoms with Crippen molar-refractivity contribution in [3.05, 3.63) is 201 Å². The molecule has 18 N–H and O–H groups in total. The molecule has 0 radical (unpaired) electrons. The van der Waals surface area contributed by atoms with Crippen LogP contribution >= 0.6 is 34.8 Å². The SMILES string of the molecule is C=CCOC(=O)NC1(C)C[C@H](O[C@@H]2c3ccc(c(Cl)c3)Oc3cc4cc(c3O[C@@H]3OC(CO)[C@@H](O)C(O)C3O[C@H]3CC(C)(NCc5ccc(-c6ccc(Cl)cc6)cc5)[C@@H](O)[C@H](C)O3)Oc3ccc(cc3Cl)[C@@H](O)[C@@H](NC(=O)[C@@H](CC(C)C)N(C)C(=O)OCC=C)C(=O)C[C@@H](CC(N)=O)C(=O)N[C@H]4C(=O)C[C@H]3C(=O)N[C@@H]2C(=O)N[C@H](C(=O)O)c2cc(O)cc(O)c2-c2cc3ccc2O)O[C@@H](C)[C@@H]1O. The summed E-state index contributed by atoms with van der Waals surface area (Å²) < 4.78 is 63.9. The number of hydrogen-bond donors (Lipinski definition) is 17. The van der Waals surface area contributed by atoms with E-state index in [0.717, 1.165) is 76.2 Å². The summed E-state index contributed by atoms with van der Waals surface area (Å²) >= 11 is 21.0. The van der Waals surface area contributed by atoms with Crippen molar-refractivity contribution in [1.29, 1.82) is 0 Å². The average Bonchev–Trinajstić information content (AvgIpc) is 0.771. The number of rotatable bonds is 24. The van der Waals surface area contributed by atoms with Gasteiger partial charge in [0.25, 0.3) is 0 Å². The number of halogens is 3. The Labute approximate surface area is 800 Å². The maximum atomic E-state index is 16.9. The van der Waals surface area contributed by atoms with E-state index in [4.69, 9.17) is 87.9 Å². The van der Waals surface area contributed by atoms with Gasteiger partial charge in [-0.2, -0.15) is 0 Å². The number of aliphatic hydroxyl groups excluding tert-OH is 6. The largest absolute Gasteiger partial charge is 0.508 e. The van der Waals surface area contributed by atoms with Gasteiger partial charge < -0.3 is 136 Å². The molecule has 11 bridgehead atoms. The molecule has 7 amide bonds. The lowest BCUT2D eigenvalue weighted by Crippen LogP contribution is -2.65. The molecule has 38 nitrogen and oxygen atoms in total. The summed E-state index contributed by atoms with van der Waals surface area (Å²) in [5.74, 6) is -20.5. The molecule has 7 aromatic rings. The normalized spacial score (nSPS) is 28.1. The predicted molar refractivity (Wildman–Crippen MR) is 489 cm³/mol. The third-order valence-corrected chi connectivity index (χ3v) is 25.8. The summed E-state index contributed by atoms with van der Waals surface area (Å²) in [5, 5.41) is 134. The van der Waals surface area contributed by atoms with Crippen LogP contribution in [-0.4, -0.2) is 239 Å². The highest BCUT2D eigenvalue weighted by Crippen LogP contribution is 2.52. The Bertz CT molecular complexity index is 5740. The van der Waals surface area contributed by atoms with Gasteiger partial charge in [0.1, 0.15) is 103 Å². The topological polar surface area (TPSA) is 567 Å². The number of fused-ring (bicyclic) bond motifs is 15. The van der Waals surface area contributed by atoms with E-state index < -0.39 is 303 Å². The molecule has 5 unspecified atom stereocenters. The number of nitrogens with one attached hydrogen (secondary N) is 6. The Hall–Kier alpha value is -12.1.